The van der Waals surface area contributed by atoms with E-state index in [0.29, 0.717) is 5.56 Å². The Bertz CT molecular complexity index is 694. The summed E-state index contributed by atoms with van der Waals surface area (Å²) in [6.07, 6.45) is 0.835. The van der Waals surface area contributed by atoms with E-state index in [2.05, 4.69) is 4.72 Å². The van der Waals surface area contributed by atoms with Gasteiger partial charge in [0.1, 0.15) is 4.21 Å². The Kier molecular flexibility index (Phi) is 3.64. The first-order chi connectivity index (χ1) is 9.60. The molecule has 1 aliphatic carbocycles. The van der Waals surface area contributed by atoms with Gasteiger partial charge in [-0.2, -0.15) is 0 Å². The number of nitrogens with one attached hydrogen (secondary N) is 1. The smallest absolute Gasteiger partial charge is 0.250 e. The first-order valence-corrected chi connectivity index (χ1v) is 8.72. The molecule has 0 amide bonds. The van der Waals surface area contributed by atoms with Crippen LogP contribution in [0, 0.1) is 0 Å². The second-order valence-electron chi connectivity index (χ2n) is 4.91. The molecule has 0 bridgehead atoms. The minimum Gasteiger partial charge on any atom is -0.392 e. The van der Waals surface area contributed by atoms with E-state index in [-0.39, 0.29) is 22.8 Å². The third kappa shape index (κ3) is 2.78. The van der Waals surface area contributed by atoms with Gasteiger partial charge in [-0.3, -0.25) is 0 Å². The van der Waals surface area contributed by atoms with E-state index in [1.54, 1.807) is 5.38 Å². The fourth-order valence-corrected chi connectivity index (χ4v) is 4.73. The summed E-state index contributed by atoms with van der Waals surface area (Å²) in [6, 6.07) is 11.4. The fourth-order valence-electron chi connectivity index (χ4n) is 2.23. The van der Waals surface area contributed by atoms with Crippen molar-refractivity contribution >= 4 is 21.4 Å². The molecular formula is C14H15NO3S2. The average molecular weight is 309 g/mol. The molecule has 106 valence electrons. The minimum absolute atomic E-state index is 0.0259. The van der Waals surface area contributed by atoms with Gasteiger partial charge in [-0.25, -0.2) is 13.1 Å². The number of hydrogen-bond acceptors (Lipinski definition) is 4. The molecule has 1 fully saturated rings. The number of rotatable bonds is 5. The fraction of sp³-hybridized carbons (Fsp3) is 0.286. The van der Waals surface area contributed by atoms with Crippen LogP contribution in [-0.2, 0) is 16.6 Å². The van der Waals surface area contributed by atoms with Crippen LogP contribution >= 0.6 is 11.3 Å². The molecule has 1 saturated carbocycles. The van der Waals surface area contributed by atoms with Gasteiger partial charge in [0.25, 0.3) is 0 Å². The molecule has 4 nitrogen and oxygen atoms in total. The first kappa shape index (κ1) is 13.8. The lowest BCUT2D eigenvalue weighted by Gasteiger charge is -2.04. The zero-order valence-electron chi connectivity index (χ0n) is 10.7. The predicted molar refractivity (Wildman–Crippen MR) is 78.2 cm³/mol. The monoisotopic (exact) mass is 309 g/mol. The van der Waals surface area contributed by atoms with Crippen LogP contribution in [0.15, 0.2) is 46.0 Å². The number of aliphatic hydroxyl groups excluding tert-OH is 1. The molecule has 2 unspecified atom stereocenters. The van der Waals surface area contributed by atoms with Crippen molar-refractivity contribution in [3.05, 3.63) is 52.9 Å². The molecule has 20 heavy (non-hydrogen) atoms. The highest BCUT2D eigenvalue weighted by Gasteiger charge is 2.41. The Labute approximate surface area is 122 Å². The van der Waals surface area contributed by atoms with E-state index in [0.717, 1.165) is 17.8 Å². The van der Waals surface area contributed by atoms with E-state index < -0.39 is 10.0 Å². The standard InChI is InChI=1S/C14H15NO3S2/c16-8-10-6-14(19-9-10)20(17,18)15-13-7-12(13)11-4-2-1-3-5-11/h1-6,9,12-13,15-16H,7-8H2. The summed E-state index contributed by atoms with van der Waals surface area (Å²) in [7, 11) is -3.47. The number of sulfonamides is 1. The SMILES string of the molecule is O=S(=O)(NC1CC1c1ccccc1)c1cc(CO)cs1. The molecule has 2 N–H and O–H groups in total. The van der Waals surface area contributed by atoms with Gasteiger partial charge in [0, 0.05) is 12.0 Å². The molecule has 0 radical (unpaired) electrons. The molecule has 1 aromatic heterocycles. The normalized spacial score (nSPS) is 21.9. The summed E-state index contributed by atoms with van der Waals surface area (Å²) >= 11 is 1.14. The summed E-state index contributed by atoms with van der Waals surface area (Å²) in [4.78, 5) is 0. The van der Waals surface area contributed by atoms with Gasteiger partial charge in [0.15, 0.2) is 0 Å². The molecular weight excluding hydrogens is 294 g/mol. The van der Waals surface area contributed by atoms with Crippen molar-refractivity contribution in [1.29, 1.82) is 0 Å². The van der Waals surface area contributed by atoms with Crippen LogP contribution in [0.2, 0.25) is 0 Å². The largest absolute Gasteiger partial charge is 0.392 e. The zero-order valence-corrected chi connectivity index (χ0v) is 12.3. The highest BCUT2D eigenvalue weighted by molar-refractivity contribution is 7.91. The van der Waals surface area contributed by atoms with Crippen LogP contribution in [0.1, 0.15) is 23.5 Å². The van der Waals surface area contributed by atoms with Crippen LogP contribution in [-0.4, -0.2) is 19.6 Å². The van der Waals surface area contributed by atoms with Crippen molar-refractivity contribution < 1.29 is 13.5 Å². The lowest BCUT2D eigenvalue weighted by Crippen LogP contribution is -2.26. The highest BCUT2D eigenvalue weighted by Crippen LogP contribution is 2.41. The van der Waals surface area contributed by atoms with Crippen LogP contribution in [0.4, 0.5) is 0 Å². The molecule has 0 aliphatic heterocycles. The third-order valence-electron chi connectivity index (χ3n) is 3.40. The van der Waals surface area contributed by atoms with Gasteiger partial charge in [-0.1, -0.05) is 30.3 Å². The predicted octanol–water partition coefficient (Wildman–Crippen LogP) is 2.07. The first-order valence-electron chi connectivity index (χ1n) is 6.36. The average Bonchev–Trinajstić information content (AvgIpc) is 3.02. The molecule has 2 atom stereocenters. The summed E-state index contributed by atoms with van der Waals surface area (Å²) in [5.74, 6) is 0.267. The number of thiophene rings is 1. The lowest BCUT2D eigenvalue weighted by atomic mass is 10.1. The van der Waals surface area contributed by atoms with Crippen LogP contribution in [0.5, 0.6) is 0 Å². The van der Waals surface area contributed by atoms with Gasteiger partial charge >= 0.3 is 0 Å². The maximum atomic E-state index is 12.2. The van der Waals surface area contributed by atoms with E-state index in [4.69, 9.17) is 5.11 Å². The van der Waals surface area contributed by atoms with Gasteiger partial charge in [0.2, 0.25) is 10.0 Å². The minimum atomic E-state index is -3.47. The van der Waals surface area contributed by atoms with Crippen LogP contribution in [0.25, 0.3) is 0 Å². The molecule has 1 aliphatic rings. The van der Waals surface area contributed by atoms with Gasteiger partial charge in [-0.15, -0.1) is 11.3 Å². The molecule has 1 aromatic carbocycles. The zero-order chi connectivity index (χ0) is 14.2. The van der Waals surface area contributed by atoms with Crippen LogP contribution < -0.4 is 4.72 Å². The van der Waals surface area contributed by atoms with Crippen molar-refractivity contribution in [2.45, 2.75) is 29.2 Å². The second-order valence-corrected chi connectivity index (χ2v) is 7.76. The Balaban J connectivity index is 1.70. The molecule has 0 spiro atoms. The van der Waals surface area contributed by atoms with Gasteiger partial charge in [0.05, 0.1) is 6.61 Å². The molecule has 3 rings (SSSR count). The van der Waals surface area contributed by atoms with Gasteiger partial charge < -0.3 is 5.11 Å². The van der Waals surface area contributed by atoms with E-state index in [1.165, 1.54) is 11.6 Å². The topological polar surface area (TPSA) is 66.4 Å². The molecule has 6 heteroatoms. The van der Waals surface area contributed by atoms with E-state index in [9.17, 15) is 8.42 Å². The maximum absolute atomic E-state index is 12.2. The molecule has 1 heterocycles. The number of aliphatic hydroxyl groups is 1. The van der Waals surface area contributed by atoms with Gasteiger partial charge in [-0.05, 0) is 29.0 Å². The second kappa shape index (κ2) is 5.29. The highest BCUT2D eigenvalue weighted by atomic mass is 32.2. The number of benzene rings is 1. The Morgan fingerprint density at radius 1 is 1.30 bits per heavy atom. The quantitative estimate of drug-likeness (QED) is 0.888. The summed E-state index contributed by atoms with van der Waals surface area (Å²) in [5, 5.41) is 10.7. The summed E-state index contributed by atoms with van der Waals surface area (Å²) in [6.45, 7) is -0.137. The lowest BCUT2D eigenvalue weighted by molar-refractivity contribution is 0.282. The van der Waals surface area contributed by atoms with Crippen molar-refractivity contribution in [1.82, 2.24) is 4.72 Å². The third-order valence-corrected chi connectivity index (χ3v) is 6.38. The number of hydrogen-bond donors (Lipinski definition) is 2. The summed E-state index contributed by atoms with van der Waals surface area (Å²) in [5.41, 5.74) is 1.80. The molecule has 2 aromatic rings. The Hall–Kier alpha value is -1.21. The van der Waals surface area contributed by atoms with Crippen molar-refractivity contribution in [3.63, 3.8) is 0 Å². The Morgan fingerprint density at radius 3 is 2.70 bits per heavy atom. The van der Waals surface area contributed by atoms with E-state index >= 15 is 0 Å². The van der Waals surface area contributed by atoms with Crippen molar-refractivity contribution in [2.75, 3.05) is 0 Å². The maximum Gasteiger partial charge on any atom is 0.250 e. The van der Waals surface area contributed by atoms with E-state index in [1.807, 2.05) is 30.3 Å². The summed E-state index contributed by atoms with van der Waals surface area (Å²) < 4.78 is 27.4. The van der Waals surface area contributed by atoms with Crippen LogP contribution in [0.3, 0.4) is 0 Å². The van der Waals surface area contributed by atoms with Crippen molar-refractivity contribution in [2.24, 2.45) is 0 Å². The molecule has 0 saturated heterocycles. The Morgan fingerprint density at radius 2 is 2.05 bits per heavy atom. The van der Waals surface area contributed by atoms with Crippen molar-refractivity contribution in [3.8, 4) is 0 Å².